The maximum atomic E-state index is 13.2. The minimum absolute atomic E-state index is 0. The minimum Gasteiger partial charge on any atom is -0.486 e. The van der Waals surface area contributed by atoms with Crippen molar-refractivity contribution < 1.29 is 19.1 Å². The highest BCUT2D eigenvalue weighted by Gasteiger charge is 2.46. The molecule has 2 bridgehead atoms. The second kappa shape index (κ2) is 7.79. The van der Waals surface area contributed by atoms with E-state index in [0.717, 1.165) is 38.0 Å². The molecule has 28 heavy (non-hydrogen) atoms. The van der Waals surface area contributed by atoms with Crippen molar-refractivity contribution in [1.82, 2.24) is 10.2 Å². The van der Waals surface area contributed by atoms with Crippen molar-refractivity contribution in [2.45, 2.75) is 37.8 Å². The van der Waals surface area contributed by atoms with Crippen LogP contribution in [0.4, 0.5) is 5.69 Å². The quantitative estimate of drug-likeness (QED) is 0.754. The number of ether oxygens (including phenoxy) is 2. The first-order chi connectivity index (χ1) is 13.2. The molecule has 3 atom stereocenters. The number of anilines is 1. The SMILES string of the molecule is Cl.O=C1C(C(=O)N2C3CCNCC2CC3)CCN1c1ccc2c(c1)OCCO2. The van der Waals surface area contributed by atoms with Crippen molar-refractivity contribution in [3.8, 4) is 11.5 Å². The normalized spacial score (nSPS) is 28.7. The van der Waals surface area contributed by atoms with Crippen molar-refractivity contribution in [3.63, 3.8) is 0 Å². The lowest BCUT2D eigenvalue weighted by atomic mass is 10.0. The highest BCUT2D eigenvalue weighted by molar-refractivity contribution is 6.10. The molecule has 4 aliphatic rings. The van der Waals surface area contributed by atoms with Crippen LogP contribution in [0.5, 0.6) is 11.5 Å². The van der Waals surface area contributed by atoms with Crippen LogP contribution < -0.4 is 19.7 Å². The molecule has 3 fully saturated rings. The van der Waals surface area contributed by atoms with E-state index in [2.05, 4.69) is 5.32 Å². The molecule has 2 amide bonds. The number of benzene rings is 1. The van der Waals surface area contributed by atoms with Crippen LogP contribution in [0.15, 0.2) is 18.2 Å². The van der Waals surface area contributed by atoms with E-state index in [4.69, 9.17) is 9.47 Å². The molecule has 152 valence electrons. The number of nitrogens with one attached hydrogen (secondary N) is 1. The van der Waals surface area contributed by atoms with E-state index in [1.54, 1.807) is 4.90 Å². The Morgan fingerprint density at radius 3 is 2.68 bits per heavy atom. The van der Waals surface area contributed by atoms with Crippen LogP contribution in [0.25, 0.3) is 0 Å². The average molecular weight is 408 g/mol. The smallest absolute Gasteiger partial charge is 0.239 e. The van der Waals surface area contributed by atoms with Crippen molar-refractivity contribution in [2.75, 3.05) is 37.7 Å². The van der Waals surface area contributed by atoms with Gasteiger partial charge in [0.2, 0.25) is 11.8 Å². The summed E-state index contributed by atoms with van der Waals surface area (Å²) in [5.74, 6) is 0.750. The topological polar surface area (TPSA) is 71.1 Å². The number of amides is 2. The number of fused-ring (bicyclic) bond motifs is 3. The van der Waals surface area contributed by atoms with Gasteiger partial charge in [-0.05, 0) is 44.4 Å². The van der Waals surface area contributed by atoms with Gasteiger partial charge >= 0.3 is 0 Å². The molecule has 1 N–H and O–H groups in total. The summed E-state index contributed by atoms with van der Waals surface area (Å²) in [6.07, 6.45) is 3.66. The number of rotatable bonds is 2. The predicted octanol–water partition coefficient (Wildman–Crippen LogP) is 1.59. The molecule has 0 radical (unpaired) electrons. The molecule has 4 heterocycles. The summed E-state index contributed by atoms with van der Waals surface area (Å²) in [6.45, 7) is 3.41. The van der Waals surface area contributed by atoms with Gasteiger partial charge in [0.25, 0.3) is 0 Å². The van der Waals surface area contributed by atoms with Gasteiger partial charge in [0.15, 0.2) is 11.5 Å². The summed E-state index contributed by atoms with van der Waals surface area (Å²) < 4.78 is 11.2. The van der Waals surface area contributed by atoms with Gasteiger partial charge in [0.1, 0.15) is 19.1 Å². The van der Waals surface area contributed by atoms with Gasteiger partial charge in [0.05, 0.1) is 0 Å². The van der Waals surface area contributed by atoms with Crippen LogP contribution in [0, 0.1) is 5.92 Å². The lowest BCUT2D eigenvalue weighted by Crippen LogP contribution is -2.47. The van der Waals surface area contributed by atoms with Gasteiger partial charge in [-0.1, -0.05) is 0 Å². The molecule has 0 spiro atoms. The summed E-state index contributed by atoms with van der Waals surface area (Å²) in [5, 5.41) is 3.41. The fourth-order valence-electron chi connectivity index (χ4n) is 4.89. The fourth-order valence-corrected chi connectivity index (χ4v) is 4.89. The predicted molar refractivity (Wildman–Crippen MR) is 106 cm³/mol. The summed E-state index contributed by atoms with van der Waals surface area (Å²) >= 11 is 0. The average Bonchev–Trinajstić information content (AvgIpc) is 3.19. The number of carbonyl (C=O) groups is 2. The largest absolute Gasteiger partial charge is 0.486 e. The molecule has 8 heteroatoms. The number of carbonyl (C=O) groups excluding carboxylic acids is 2. The third-order valence-electron chi connectivity index (χ3n) is 6.25. The first kappa shape index (κ1) is 19.3. The zero-order chi connectivity index (χ0) is 18.4. The van der Waals surface area contributed by atoms with Gasteiger partial charge in [-0.2, -0.15) is 0 Å². The number of halogens is 1. The summed E-state index contributed by atoms with van der Waals surface area (Å²) in [6, 6.07) is 6.08. The number of hydrogen-bond donors (Lipinski definition) is 1. The fraction of sp³-hybridized carbons (Fsp3) is 0.600. The number of nitrogens with zero attached hydrogens (tertiary/aromatic N) is 2. The first-order valence-electron chi connectivity index (χ1n) is 9.96. The second-order valence-electron chi connectivity index (χ2n) is 7.78. The highest BCUT2D eigenvalue weighted by atomic mass is 35.5. The Morgan fingerprint density at radius 1 is 1.04 bits per heavy atom. The van der Waals surface area contributed by atoms with Crippen molar-refractivity contribution in [1.29, 1.82) is 0 Å². The Balaban J connectivity index is 0.00000192. The second-order valence-corrected chi connectivity index (χ2v) is 7.78. The third kappa shape index (κ3) is 3.20. The van der Waals surface area contributed by atoms with E-state index in [9.17, 15) is 9.59 Å². The summed E-state index contributed by atoms with van der Waals surface area (Å²) in [7, 11) is 0. The first-order valence-corrected chi connectivity index (χ1v) is 9.96. The van der Waals surface area contributed by atoms with Crippen LogP contribution in [-0.2, 0) is 9.59 Å². The van der Waals surface area contributed by atoms with Gasteiger partial charge in [-0.25, -0.2) is 0 Å². The van der Waals surface area contributed by atoms with Crippen LogP contribution in [0.2, 0.25) is 0 Å². The Morgan fingerprint density at radius 2 is 1.82 bits per heavy atom. The van der Waals surface area contributed by atoms with Crippen molar-refractivity contribution in [2.24, 2.45) is 5.92 Å². The Hall–Kier alpha value is -1.99. The zero-order valence-corrected chi connectivity index (χ0v) is 16.6. The summed E-state index contributed by atoms with van der Waals surface area (Å²) in [4.78, 5) is 30.1. The molecule has 0 aromatic heterocycles. The minimum atomic E-state index is -0.556. The maximum Gasteiger partial charge on any atom is 0.239 e. The van der Waals surface area contributed by atoms with Gasteiger partial charge in [0, 0.05) is 36.9 Å². The molecular weight excluding hydrogens is 382 g/mol. The van der Waals surface area contributed by atoms with E-state index in [1.165, 1.54) is 0 Å². The molecule has 5 rings (SSSR count). The molecule has 3 unspecified atom stereocenters. The standard InChI is InChI=1S/C20H25N3O4.ClH/c24-19-16(20(25)23-13-1-2-15(23)12-21-7-5-13)6-8-22(19)14-3-4-17-18(11-14)27-10-9-26-17;/h3-4,11,13,15-16,21H,1-2,5-10,12H2;1H. The molecule has 0 aliphatic carbocycles. The van der Waals surface area contributed by atoms with Gasteiger partial charge < -0.3 is 24.6 Å². The molecule has 1 aromatic carbocycles. The summed E-state index contributed by atoms with van der Waals surface area (Å²) in [5.41, 5.74) is 0.778. The van der Waals surface area contributed by atoms with Crippen LogP contribution >= 0.6 is 12.4 Å². The van der Waals surface area contributed by atoms with E-state index in [0.29, 0.717) is 37.7 Å². The Labute approximate surface area is 170 Å². The van der Waals surface area contributed by atoms with Crippen molar-refractivity contribution >= 4 is 29.9 Å². The highest BCUT2D eigenvalue weighted by Crippen LogP contribution is 2.37. The Kier molecular flexibility index (Phi) is 5.38. The molecule has 3 saturated heterocycles. The maximum absolute atomic E-state index is 13.2. The van der Waals surface area contributed by atoms with Crippen LogP contribution in [0.1, 0.15) is 25.7 Å². The number of hydrogen-bond acceptors (Lipinski definition) is 5. The van der Waals surface area contributed by atoms with Crippen LogP contribution in [-0.4, -0.2) is 61.6 Å². The molecule has 7 nitrogen and oxygen atoms in total. The molecular formula is C20H26ClN3O4. The third-order valence-corrected chi connectivity index (χ3v) is 6.25. The Bertz CT molecular complexity index is 760. The van der Waals surface area contributed by atoms with E-state index >= 15 is 0 Å². The van der Waals surface area contributed by atoms with Crippen molar-refractivity contribution in [3.05, 3.63) is 18.2 Å². The lowest BCUT2D eigenvalue weighted by molar-refractivity contribution is -0.142. The monoisotopic (exact) mass is 407 g/mol. The lowest BCUT2D eigenvalue weighted by Gasteiger charge is -2.30. The zero-order valence-electron chi connectivity index (χ0n) is 15.8. The van der Waals surface area contributed by atoms with E-state index in [-0.39, 0.29) is 36.3 Å². The van der Waals surface area contributed by atoms with Gasteiger partial charge in [-0.15, -0.1) is 12.4 Å². The van der Waals surface area contributed by atoms with E-state index in [1.807, 2.05) is 23.1 Å². The van der Waals surface area contributed by atoms with Gasteiger partial charge in [-0.3, -0.25) is 9.59 Å². The van der Waals surface area contributed by atoms with Crippen LogP contribution in [0.3, 0.4) is 0 Å². The molecule has 1 aromatic rings. The molecule has 4 aliphatic heterocycles. The van der Waals surface area contributed by atoms with E-state index < -0.39 is 5.92 Å². The molecule has 0 saturated carbocycles.